The van der Waals surface area contributed by atoms with E-state index in [1.54, 1.807) is 0 Å². The van der Waals surface area contributed by atoms with Crippen LogP contribution in [-0.4, -0.2) is 16.9 Å². The second-order valence-corrected chi connectivity index (χ2v) is 7.05. The van der Waals surface area contributed by atoms with E-state index in [1.165, 1.54) is 42.5 Å². The van der Waals surface area contributed by atoms with Crippen molar-refractivity contribution in [1.82, 2.24) is 9.88 Å². The second kappa shape index (κ2) is 7.35. The van der Waals surface area contributed by atoms with E-state index in [0.717, 1.165) is 17.8 Å². The standard InChI is InChI=1S/C21H28N2O/c1-15-8-4-5-9-18(15)13-22-14-21(24)20-12-16(2)23(17(20)3)19-10-6-7-11-19/h4-5,8-9,12,19,22H,6-7,10-11,13-14H2,1-3H3. The van der Waals surface area contributed by atoms with Crippen molar-refractivity contribution < 1.29 is 4.79 Å². The molecule has 3 heteroatoms. The van der Waals surface area contributed by atoms with Crippen molar-refractivity contribution in [2.45, 2.75) is 59.0 Å². The molecule has 24 heavy (non-hydrogen) atoms. The first-order valence-corrected chi connectivity index (χ1v) is 9.04. The molecule has 0 unspecified atom stereocenters. The molecule has 128 valence electrons. The Kier molecular flexibility index (Phi) is 5.20. The van der Waals surface area contributed by atoms with Gasteiger partial charge in [-0.3, -0.25) is 4.79 Å². The minimum absolute atomic E-state index is 0.195. The number of nitrogens with one attached hydrogen (secondary N) is 1. The fraction of sp³-hybridized carbons (Fsp3) is 0.476. The number of rotatable bonds is 6. The number of hydrogen-bond acceptors (Lipinski definition) is 2. The molecule has 1 aliphatic carbocycles. The minimum Gasteiger partial charge on any atom is -0.345 e. The van der Waals surface area contributed by atoms with Crippen LogP contribution in [-0.2, 0) is 6.54 Å². The summed E-state index contributed by atoms with van der Waals surface area (Å²) < 4.78 is 2.39. The fourth-order valence-corrected chi connectivity index (χ4v) is 4.00. The van der Waals surface area contributed by atoms with E-state index in [-0.39, 0.29) is 5.78 Å². The number of benzene rings is 1. The fourth-order valence-electron chi connectivity index (χ4n) is 4.00. The number of Topliss-reactive ketones (excluding diaryl/α,β-unsaturated/α-hetero) is 1. The Morgan fingerprint density at radius 1 is 1.17 bits per heavy atom. The molecule has 0 spiro atoms. The first-order chi connectivity index (χ1) is 11.6. The van der Waals surface area contributed by atoms with E-state index in [4.69, 9.17) is 0 Å². The highest BCUT2D eigenvalue weighted by Gasteiger charge is 2.23. The van der Waals surface area contributed by atoms with E-state index in [1.807, 2.05) is 12.1 Å². The molecule has 1 heterocycles. The Hall–Kier alpha value is -1.87. The van der Waals surface area contributed by atoms with Crippen LogP contribution in [0.2, 0.25) is 0 Å². The zero-order chi connectivity index (χ0) is 17.1. The lowest BCUT2D eigenvalue weighted by molar-refractivity contribution is 0.0990. The third-order valence-corrected chi connectivity index (χ3v) is 5.34. The van der Waals surface area contributed by atoms with Gasteiger partial charge in [0.2, 0.25) is 0 Å². The third kappa shape index (κ3) is 3.46. The van der Waals surface area contributed by atoms with Crippen molar-refractivity contribution in [2.24, 2.45) is 0 Å². The van der Waals surface area contributed by atoms with Crippen LogP contribution in [0.25, 0.3) is 0 Å². The zero-order valence-electron chi connectivity index (χ0n) is 15.1. The molecule has 1 N–H and O–H groups in total. The molecule has 1 aliphatic rings. The van der Waals surface area contributed by atoms with Gasteiger partial charge in [0.15, 0.2) is 5.78 Å². The van der Waals surface area contributed by atoms with Crippen molar-refractivity contribution in [2.75, 3.05) is 6.54 Å². The Morgan fingerprint density at radius 3 is 2.58 bits per heavy atom. The monoisotopic (exact) mass is 324 g/mol. The summed E-state index contributed by atoms with van der Waals surface area (Å²) in [6.45, 7) is 7.46. The highest BCUT2D eigenvalue weighted by molar-refractivity contribution is 5.99. The minimum atomic E-state index is 0.195. The third-order valence-electron chi connectivity index (χ3n) is 5.34. The van der Waals surface area contributed by atoms with Gasteiger partial charge >= 0.3 is 0 Å². The van der Waals surface area contributed by atoms with Crippen LogP contribution in [0.4, 0.5) is 0 Å². The highest BCUT2D eigenvalue weighted by atomic mass is 16.1. The van der Waals surface area contributed by atoms with Gasteiger partial charge in [0, 0.05) is 29.5 Å². The van der Waals surface area contributed by atoms with Crippen molar-refractivity contribution in [1.29, 1.82) is 0 Å². The predicted octanol–water partition coefficient (Wildman–Crippen LogP) is 4.50. The smallest absolute Gasteiger partial charge is 0.178 e. The van der Waals surface area contributed by atoms with Gasteiger partial charge in [-0.05, 0) is 50.8 Å². The predicted molar refractivity (Wildman–Crippen MR) is 98.6 cm³/mol. The molecule has 2 aromatic rings. The largest absolute Gasteiger partial charge is 0.345 e. The van der Waals surface area contributed by atoms with Crippen LogP contribution in [0.15, 0.2) is 30.3 Å². The molecule has 3 rings (SSSR count). The Balaban J connectivity index is 1.65. The Bertz CT molecular complexity index is 723. The normalized spacial score (nSPS) is 15.1. The number of hydrogen-bond donors (Lipinski definition) is 1. The van der Waals surface area contributed by atoms with Gasteiger partial charge in [0.1, 0.15) is 0 Å². The average Bonchev–Trinajstić information content (AvgIpc) is 3.17. The average molecular weight is 324 g/mol. The van der Waals surface area contributed by atoms with Crippen LogP contribution in [0.1, 0.15) is 64.6 Å². The molecule has 0 saturated heterocycles. The van der Waals surface area contributed by atoms with Crippen LogP contribution in [0.5, 0.6) is 0 Å². The summed E-state index contributed by atoms with van der Waals surface area (Å²) in [5, 5.41) is 3.31. The Morgan fingerprint density at radius 2 is 1.88 bits per heavy atom. The summed E-state index contributed by atoms with van der Waals surface area (Å²) in [7, 11) is 0. The van der Waals surface area contributed by atoms with Gasteiger partial charge in [-0.1, -0.05) is 37.1 Å². The van der Waals surface area contributed by atoms with Crippen LogP contribution in [0.3, 0.4) is 0 Å². The van der Waals surface area contributed by atoms with Gasteiger partial charge in [-0.25, -0.2) is 0 Å². The quantitative estimate of drug-likeness (QED) is 0.794. The summed E-state index contributed by atoms with van der Waals surface area (Å²) in [5.74, 6) is 0.195. The first-order valence-electron chi connectivity index (χ1n) is 9.04. The number of nitrogens with zero attached hydrogens (tertiary/aromatic N) is 1. The topological polar surface area (TPSA) is 34.0 Å². The number of carbonyl (C=O) groups excluding carboxylic acids is 1. The van der Waals surface area contributed by atoms with Gasteiger partial charge in [-0.2, -0.15) is 0 Å². The molecule has 0 amide bonds. The van der Waals surface area contributed by atoms with Crippen molar-refractivity contribution in [3.8, 4) is 0 Å². The summed E-state index contributed by atoms with van der Waals surface area (Å²) in [6, 6.07) is 11.0. The van der Waals surface area contributed by atoms with Gasteiger partial charge in [-0.15, -0.1) is 0 Å². The van der Waals surface area contributed by atoms with Gasteiger partial charge < -0.3 is 9.88 Å². The number of aryl methyl sites for hydroxylation is 2. The van der Waals surface area contributed by atoms with Gasteiger partial charge in [0.25, 0.3) is 0 Å². The molecule has 0 radical (unpaired) electrons. The maximum atomic E-state index is 12.6. The lowest BCUT2D eigenvalue weighted by atomic mass is 10.1. The van der Waals surface area contributed by atoms with Crippen molar-refractivity contribution in [3.63, 3.8) is 0 Å². The highest BCUT2D eigenvalue weighted by Crippen LogP contribution is 2.33. The molecule has 0 bridgehead atoms. The lowest BCUT2D eigenvalue weighted by Gasteiger charge is -2.17. The van der Waals surface area contributed by atoms with E-state index in [0.29, 0.717) is 12.6 Å². The number of carbonyl (C=O) groups is 1. The van der Waals surface area contributed by atoms with Crippen LogP contribution >= 0.6 is 0 Å². The molecular formula is C21H28N2O. The van der Waals surface area contributed by atoms with Crippen molar-refractivity contribution in [3.05, 3.63) is 58.4 Å². The molecule has 0 aliphatic heterocycles. The van der Waals surface area contributed by atoms with Crippen LogP contribution < -0.4 is 5.32 Å². The van der Waals surface area contributed by atoms with Crippen LogP contribution in [0, 0.1) is 20.8 Å². The van der Waals surface area contributed by atoms with Crippen molar-refractivity contribution >= 4 is 5.78 Å². The van der Waals surface area contributed by atoms with E-state index in [9.17, 15) is 4.79 Å². The van der Waals surface area contributed by atoms with E-state index < -0.39 is 0 Å². The molecular weight excluding hydrogens is 296 g/mol. The summed E-state index contributed by atoms with van der Waals surface area (Å²) in [5.41, 5.74) is 5.76. The molecule has 1 saturated carbocycles. The SMILES string of the molecule is Cc1ccccc1CNCC(=O)c1cc(C)n(C2CCCC2)c1C. The maximum Gasteiger partial charge on any atom is 0.178 e. The molecule has 1 aromatic carbocycles. The summed E-state index contributed by atoms with van der Waals surface area (Å²) in [4.78, 5) is 12.6. The molecule has 1 aromatic heterocycles. The Labute approximate surface area is 145 Å². The van der Waals surface area contributed by atoms with E-state index in [2.05, 4.69) is 48.9 Å². The maximum absolute atomic E-state index is 12.6. The number of aromatic nitrogens is 1. The van der Waals surface area contributed by atoms with Gasteiger partial charge in [0.05, 0.1) is 6.54 Å². The van der Waals surface area contributed by atoms with E-state index >= 15 is 0 Å². The number of ketones is 1. The summed E-state index contributed by atoms with van der Waals surface area (Å²) in [6.07, 6.45) is 5.11. The zero-order valence-corrected chi connectivity index (χ0v) is 15.1. The lowest BCUT2D eigenvalue weighted by Crippen LogP contribution is -2.23. The second-order valence-electron chi connectivity index (χ2n) is 7.05. The first kappa shape index (κ1) is 17.0. The molecule has 1 fully saturated rings. The summed E-state index contributed by atoms with van der Waals surface area (Å²) >= 11 is 0. The molecule has 0 atom stereocenters. The molecule has 3 nitrogen and oxygen atoms in total.